The molecule has 0 bridgehead atoms. The fourth-order valence-corrected chi connectivity index (χ4v) is 1.58. The SMILES string of the molecule is Cc1cnc(Oc2cccc(Cl)c2Cl)cc1N. The van der Waals surface area contributed by atoms with Crippen molar-refractivity contribution < 1.29 is 4.74 Å². The molecule has 0 atom stereocenters. The predicted molar refractivity (Wildman–Crippen MR) is 69.9 cm³/mol. The first-order valence-corrected chi connectivity index (χ1v) is 5.67. The van der Waals surface area contributed by atoms with Crippen molar-refractivity contribution in [3.63, 3.8) is 0 Å². The zero-order chi connectivity index (χ0) is 12.4. The molecule has 17 heavy (non-hydrogen) atoms. The Labute approximate surface area is 109 Å². The Hall–Kier alpha value is -1.45. The highest BCUT2D eigenvalue weighted by Crippen LogP contribution is 2.34. The number of ether oxygens (including phenoxy) is 1. The standard InChI is InChI=1S/C12H10Cl2N2O/c1-7-6-16-11(5-9(7)15)17-10-4-2-3-8(13)12(10)14/h2-6H,1H3,(H2,15,16). The van der Waals surface area contributed by atoms with Crippen LogP contribution in [0.15, 0.2) is 30.5 Å². The molecule has 2 N–H and O–H groups in total. The van der Waals surface area contributed by atoms with Crippen molar-refractivity contribution in [2.75, 3.05) is 5.73 Å². The van der Waals surface area contributed by atoms with Crippen LogP contribution in [0, 0.1) is 6.92 Å². The Morgan fingerprint density at radius 2 is 2.06 bits per heavy atom. The number of halogens is 2. The van der Waals surface area contributed by atoms with Crippen molar-refractivity contribution in [1.29, 1.82) is 0 Å². The molecular weight excluding hydrogens is 259 g/mol. The average molecular weight is 269 g/mol. The summed E-state index contributed by atoms with van der Waals surface area (Å²) in [5.41, 5.74) is 7.28. The number of nitrogens with zero attached hydrogens (tertiary/aromatic N) is 1. The maximum absolute atomic E-state index is 6.00. The van der Waals surface area contributed by atoms with Crippen molar-refractivity contribution in [1.82, 2.24) is 4.98 Å². The van der Waals surface area contributed by atoms with Gasteiger partial charge >= 0.3 is 0 Å². The molecule has 0 amide bonds. The lowest BCUT2D eigenvalue weighted by Crippen LogP contribution is -1.94. The quantitative estimate of drug-likeness (QED) is 0.893. The molecule has 0 saturated heterocycles. The number of anilines is 1. The zero-order valence-corrected chi connectivity index (χ0v) is 10.6. The van der Waals surface area contributed by atoms with E-state index >= 15 is 0 Å². The molecule has 5 heteroatoms. The molecule has 0 saturated carbocycles. The van der Waals surface area contributed by atoms with E-state index in [0.29, 0.717) is 27.4 Å². The minimum atomic E-state index is 0.357. The Bertz CT molecular complexity index is 558. The van der Waals surface area contributed by atoms with Crippen LogP contribution in [0.25, 0.3) is 0 Å². The highest BCUT2D eigenvalue weighted by molar-refractivity contribution is 6.42. The largest absolute Gasteiger partial charge is 0.437 e. The summed E-state index contributed by atoms with van der Waals surface area (Å²) in [7, 11) is 0. The van der Waals surface area contributed by atoms with Gasteiger partial charge < -0.3 is 10.5 Å². The van der Waals surface area contributed by atoms with Gasteiger partial charge in [0, 0.05) is 18.0 Å². The summed E-state index contributed by atoms with van der Waals surface area (Å²) in [6.07, 6.45) is 1.64. The Morgan fingerprint density at radius 1 is 1.29 bits per heavy atom. The van der Waals surface area contributed by atoms with Gasteiger partial charge in [0.1, 0.15) is 10.8 Å². The minimum absolute atomic E-state index is 0.357. The summed E-state index contributed by atoms with van der Waals surface area (Å²) in [6, 6.07) is 6.80. The molecule has 3 nitrogen and oxygen atoms in total. The molecule has 2 rings (SSSR count). The third-order valence-corrected chi connectivity index (χ3v) is 3.05. The van der Waals surface area contributed by atoms with Crippen LogP contribution in [0.5, 0.6) is 11.6 Å². The van der Waals surface area contributed by atoms with Crippen LogP contribution in [-0.4, -0.2) is 4.98 Å². The van der Waals surface area contributed by atoms with Crippen LogP contribution in [0.1, 0.15) is 5.56 Å². The fraction of sp³-hybridized carbons (Fsp3) is 0.0833. The monoisotopic (exact) mass is 268 g/mol. The van der Waals surface area contributed by atoms with Crippen LogP contribution >= 0.6 is 23.2 Å². The highest BCUT2D eigenvalue weighted by Gasteiger charge is 2.07. The van der Waals surface area contributed by atoms with Crippen molar-refractivity contribution in [2.45, 2.75) is 6.92 Å². The van der Waals surface area contributed by atoms with E-state index in [9.17, 15) is 0 Å². The maximum Gasteiger partial charge on any atom is 0.221 e. The number of nitrogen functional groups attached to an aromatic ring is 1. The molecule has 88 valence electrons. The zero-order valence-electron chi connectivity index (χ0n) is 9.08. The second-order valence-electron chi connectivity index (χ2n) is 3.53. The number of pyridine rings is 1. The van der Waals surface area contributed by atoms with Gasteiger partial charge in [-0.2, -0.15) is 0 Å². The Morgan fingerprint density at radius 3 is 2.76 bits per heavy atom. The molecule has 0 unspecified atom stereocenters. The molecule has 0 aliphatic heterocycles. The summed E-state index contributed by atoms with van der Waals surface area (Å²) in [4.78, 5) is 4.10. The van der Waals surface area contributed by atoms with Gasteiger partial charge in [-0.3, -0.25) is 0 Å². The molecular formula is C12H10Cl2N2O. The first-order chi connectivity index (χ1) is 8.08. The topological polar surface area (TPSA) is 48.1 Å². The number of hydrogen-bond acceptors (Lipinski definition) is 3. The first kappa shape index (κ1) is 12.0. The molecule has 1 aromatic heterocycles. The smallest absolute Gasteiger partial charge is 0.221 e. The van der Waals surface area contributed by atoms with E-state index in [2.05, 4.69) is 4.98 Å². The van der Waals surface area contributed by atoms with Crippen LogP contribution in [-0.2, 0) is 0 Å². The van der Waals surface area contributed by atoms with Crippen LogP contribution in [0.3, 0.4) is 0 Å². The molecule has 2 aromatic rings. The third kappa shape index (κ3) is 2.62. The summed E-state index contributed by atoms with van der Waals surface area (Å²) in [5.74, 6) is 0.840. The summed E-state index contributed by atoms with van der Waals surface area (Å²) >= 11 is 11.9. The van der Waals surface area contributed by atoms with Gasteiger partial charge in [0.15, 0.2) is 0 Å². The lowest BCUT2D eigenvalue weighted by Gasteiger charge is -2.08. The van der Waals surface area contributed by atoms with Crippen molar-refractivity contribution in [3.8, 4) is 11.6 Å². The van der Waals surface area contributed by atoms with Crippen molar-refractivity contribution in [3.05, 3.63) is 46.1 Å². The highest BCUT2D eigenvalue weighted by atomic mass is 35.5. The maximum atomic E-state index is 6.00. The van der Waals surface area contributed by atoms with E-state index in [-0.39, 0.29) is 0 Å². The van der Waals surface area contributed by atoms with Crippen LogP contribution in [0.4, 0.5) is 5.69 Å². The van der Waals surface area contributed by atoms with Crippen molar-refractivity contribution >= 4 is 28.9 Å². The lowest BCUT2D eigenvalue weighted by molar-refractivity contribution is 0.463. The van der Waals surface area contributed by atoms with E-state index < -0.39 is 0 Å². The molecule has 1 aromatic carbocycles. The normalized spacial score (nSPS) is 10.3. The van der Waals surface area contributed by atoms with Crippen LogP contribution < -0.4 is 10.5 Å². The Balaban J connectivity index is 2.31. The molecule has 0 fully saturated rings. The molecule has 0 aliphatic carbocycles. The van der Waals surface area contributed by atoms with Gasteiger partial charge in [0.2, 0.25) is 5.88 Å². The molecule has 0 spiro atoms. The van der Waals surface area contributed by atoms with E-state index in [0.717, 1.165) is 5.56 Å². The summed E-state index contributed by atoms with van der Waals surface area (Å²) in [5, 5.41) is 0.791. The van der Waals surface area contributed by atoms with E-state index in [1.165, 1.54) is 0 Å². The van der Waals surface area contributed by atoms with Gasteiger partial charge in [-0.25, -0.2) is 4.98 Å². The summed E-state index contributed by atoms with van der Waals surface area (Å²) < 4.78 is 5.52. The fourth-order valence-electron chi connectivity index (χ4n) is 1.25. The number of nitrogens with two attached hydrogens (primary N) is 1. The lowest BCUT2D eigenvalue weighted by atomic mass is 10.3. The predicted octanol–water partition coefficient (Wildman–Crippen LogP) is 4.07. The number of benzene rings is 1. The molecule has 1 heterocycles. The van der Waals surface area contributed by atoms with E-state index in [1.807, 2.05) is 6.92 Å². The molecule has 0 aliphatic rings. The van der Waals surface area contributed by atoms with Crippen LogP contribution in [0.2, 0.25) is 10.0 Å². The minimum Gasteiger partial charge on any atom is -0.437 e. The average Bonchev–Trinajstić information content (AvgIpc) is 2.30. The third-order valence-electron chi connectivity index (χ3n) is 2.25. The van der Waals surface area contributed by atoms with Gasteiger partial charge in [0.05, 0.1) is 5.02 Å². The van der Waals surface area contributed by atoms with Gasteiger partial charge in [-0.1, -0.05) is 29.3 Å². The second kappa shape index (κ2) is 4.82. The Kier molecular flexibility index (Phi) is 3.41. The number of rotatable bonds is 2. The first-order valence-electron chi connectivity index (χ1n) is 4.92. The molecule has 0 radical (unpaired) electrons. The number of aromatic nitrogens is 1. The van der Waals surface area contributed by atoms with Crippen molar-refractivity contribution in [2.24, 2.45) is 0 Å². The summed E-state index contributed by atoms with van der Waals surface area (Å²) in [6.45, 7) is 1.87. The van der Waals surface area contributed by atoms with E-state index in [4.69, 9.17) is 33.7 Å². The van der Waals surface area contributed by atoms with Gasteiger partial charge in [0.25, 0.3) is 0 Å². The van der Waals surface area contributed by atoms with E-state index in [1.54, 1.807) is 30.5 Å². The van der Waals surface area contributed by atoms with Gasteiger partial charge in [-0.05, 0) is 24.6 Å². The number of aryl methyl sites for hydroxylation is 1. The second-order valence-corrected chi connectivity index (χ2v) is 4.32. The van der Waals surface area contributed by atoms with Gasteiger partial charge in [-0.15, -0.1) is 0 Å². The number of hydrogen-bond donors (Lipinski definition) is 1.